The highest BCUT2D eigenvalue weighted by molar-refractivity contribution is 6.10. The van der Waals surface area contributed by atoms with Crippen LogP contribution >= 0.6 is 0 Å². The number of urea groups is 4. The molecule has 736 valence electrons. The SMILES string of the molecule is C=CC(=O)NCCOc1ccc2c(c1)c1c(n2Cc2ccc(C(=O)CO)cc2)CN2CC1C(=O)N(C)C2=O.C=CC(=O)NCc1ccc2c(c1)c1c(n2Cc2ccc(C(=O)CO)cc2)CN2CC1C(=O)N(C)C2=O.C=CC(=O)Nc1ccc2c(c1)c1c(n2Cc2ccc(C(=O)CO)cc2)CN2CC1C(=O)N(C)C2=O.C=CC(=O)Nc1ccc2c3c(n(Cc4ccc(C(=O)CO)cc4)c2c1)CN1CC3C(=O)N(C)C1=O. The predicted molar refractivity (Wildman–Crippen MR) is 529 cm³/mol. The minimum Gasteiger partial charge on any atom is -0.492 e. The van der Waals surface area contributed by atoms with Crippen LogP contribution in [-0.2, 0) is 97.3 Å². The molecule has 37 nitrogen and oxygen atoms in total. The van der Waals surface area contributed by atoms with Gasteiger partial charge in [-0.3, -0.25) is 77.1 Å². The van der Waals surface area contributed by atoms with E-state index in [1.807, 2.05) is 109 Å². The van der Waals surface area contributed by atoms with Crippen LogP contribution in [0.15, 0.2) is 220 Å². The first kappa shape index (κ1) is 98.4. The largest absolute Gasteiger partial charge is 0.492 e. The van der Waals surface area contributed by atoms with Crippen molar-refractivity contribution in [3.8, 4) is 5.75 Å². The summed E-state index contributed by atoms with van der Waals surface area (Å²) in [6.45, 7) is 17.2. The molecule has 16 amide bonds. The first-order valence-corrected chi connectivity index (χ1v) is 46.4. The van der Waals surface area contributed by atoms with Crippen LogP contribution in [0.2, 0.25) is 0 Å². The van der Waals surface area contributed by atoms with E-state index in [0.29, 0.717) is 131 Å². The number of anilines is 2. The first-order valence-electron chi connectivity index (χ1n) is 46.4. The number of hydrogen-bond acceptors (Lipinski definition) is 21. The Balaban J connectivity index is 0.000000132. The monoisotopic (exact) mass is 1950 g/mol. The number of amides is 16. The lowest BCUT2D eigenvalue weighted by Crippen LogP contribution is -2.56. The van der Waals surface area contributed by atoms with Gasteiger partial charge in [0.25, 0.3) is 0 Å². The molecule has 0 saturated carbocycles. The molecule has 8 aliphatic rings. The Hall–Kier alpha value is -17.2. The lowest BCUT2D eigenvalue weighted by molar-refractivity contribution is -0.133. The van der Waals surface area contributed by atoms with Crippen molar-refractivity contribution in [1.82, 2.24) is 68.1 Å². The number of carbonyl (C=O) groups is 16. The molecule has 12 heterocycles. The minimum atomic E-state index is -0.554. The van der Waals surface area contributed by atoms with E-state index in [4.69, 9.17) is 25.2 Å². The van der Waals surface area contributed by atoms with Crippen molar-refractivity contribution in [1.29, 1.82) is 0 Å². The second kappa shape index (κ2) is 41.0. The predicted octanol–water partition coefficient (Wildman–Crippen LogP) is 9.16. The number of aliphatic hydroxyl groups excluding tert-OH is 4. The van der Waals surface area contributed by atoms with Gasteiger partial charge in [0.1, 0.15) is 38.8 Å². The van der Waals surface area contributed by atoms with E-state index < -0.39 is 50.1 Å². The van der Waals surface area contributed by atoms with Crippen molar-refractivity contribution >= 4 is 150 Å². The Bertz CT molecular complexity index is 7420. The lowest BCUT2D eigenvalue weighted by Gasteiger charge is -2.41. The Morgan fingerprint density at radius 3 is 0.972 bits per heavy atom. The molecule has 37 heteroatoms. The molecule has 8 N–H and O–H groups in total. The zero-order valence-corrected chi connectivity index (χ0v) is 79.1. The van der Waals surface area contributed by atoms with E-state index in [1.165, 1.54) is 72.1 Å². The number of aromatic nitrogens is 4. The number of carbonyl (C=O) groups excluding carboxylic acids is 16. The van der Waals surface area contributed by atoms with Gasteiger partial charge in [-0.2, -0.15) is 0 Å². The smallest absolute Gasteiger partial charge is 0.326 e. The number of ketones is 4. The summed E-state index contributed by atoms with van der Waals surface area (Å²) in [7, 11) is 6.03. The normalized spacial score (nSPS) is 16.8. The summed E-state index contributed by atoms with van der Waals surface area (Å²) in [6, 6.07) is 49.5. The summed E-state index contributed by atoms with van der Waals surface area (Å²) >= 11 is 0. The van der Waals surface area contributed by atoms with Gasteiger partial charge < -0.3 is 84.3 Å². The van der Waals surface area contributed by atoms with Crippen LogP contribution in [0.25, 0.3) is 43.6 Å². The number of nitrogens with zero attached hydrogens (tertiary/aromatic N) is 12. The van der Waals surface area contributed by atoms with Gasteiger partial charge in [-0.05, 0) is 135 Å². The van der Waals surface area contributed by atoms with Crippen LogP contribution in [0.5, 0.6) is 5.75 Å². The highest BCUT2D eigenvalue weighted by atomic mass is 16.5. The summed E-state index contributed by atoms with van der Waals surface area (Å²) < 4.78 is 14.2. The number of likely N-dealkylation sites (N-methyl/N-ethyl adjacent to an activating group) is 4. The van der Waals surface area contributed by atoms with Crippen LogP contribution in [0.3, 0.4) is 0 Å². The molecule has 0 aliphatic carbocycles. The molecule has 20 rings (SSSR count). The first-order chi connectivity index (χ1) is 69.3. The van der Waals surface area contributed by atoms with Gasteiger partial charge >= 0.3 is 24.1 Å². The van der Waals surface area contributed by atoms with Crippen LogP contribution in [-0.4, -0.2) is 266 Å². The second-order valence-corrected chi connectivity index (χ2v) is 36.0. The number of imide groups is 4. The van der Waals surface area contributed by atoms with Gasteiger partial charge in [0.15, 0.2) is 23.1 Å². The van der Waals surface area contributed by atoms with Gasteiger partial charge in [0, 0.05) is 182 Å². The molecule has 4 fully saturated rings. The van der Waals surface area contributed by atoms with E-state index in [9.17, 15) is 76.7 Å². The van der Waals surface area contributed by atoms with Crippen molar-refractivity contribution in [2.45, 2.75) is 82.6 Å². The molecule has 4 atom stereocenters. The fourth-order valence-electron chi connectivity index (χ4n) is 20.2. The molecule has 8 aromatic carbocycles. The third kappa shape index (κ3) is 18.8. The van der Waals surface area contributed by atoms with Crippen molar-refractivity contribution in [2.75, 3.05) is 105 Å². The Labute approximate surface area is 823 Å². The van der Waals surface area contributed by atoms with Gasteiger partial charge in [-0.1, -0.05) is 136 Å². The van der Waals surface area contributed by atoms with Crippen molar-refractivity contribution < 1.29 is 102 Å². The van der Waals surface area contributed by atoms with E-state index >= 15 is 0 Å². The maximum atomic E-state index is 13.2. The van der Waals surface area contributed by atoms with E-state index in [1.54, 1.807) is 80.3 Å². The third-order valence-electron chi connectivity index (χ3n) is 27.5. The van der Waals surface area contributed by atoms with Gasteiger partial charge in [0.2, 0.25) is 47.3 Å². The van der Waals surface area contributed by atoms with Crippen LogP contribution in [0.4, 0.5) is 30.6 Å². The van der Waals surface area contributed by atoms with E-state index in [-0.39, 0.29) is 101 Å². The number of fused-ring (bicyclic) bond motifs is 24. The molecular weight excluding hydrogens is 1850 g/mol. The highest BCUT2D eigenvalue weighted by Crippen LogP contribution is 2.48. The molecule has 0 radical (unpaired) electrons. The summed E-state index contributed by atoms with van der Waals surface area (Å²) in [4.78, 5) is 209. The van der Waals surface area contributed by atoms with Gasteiger partial charge in [-0.25, -0.2) is 19.2 Å². The zero-order valence-electron chi connectivity index (χ0n) is 79.1. The highest BCUT2D eigenvalue weighted by Gasteiger charge is 2.50. The standard InChI is InChI=1S/C28H28N4O6.C27H26N4O5.2C26H24N4O5/c1-3-25(35)29-10-11-38-19-8-9-22-20(12-19)26-21-14-31(28(37)30(2)27(21)36)15-23(26)32(22)13-17-4-6-18(7-5-17)24(34)16-33;1-3-24(34)28-11-17-6-9-21-19(10-17)25-20-13-30(27(36)29(2)26(20)35)14-22(25)31(21)12-16-4-7-18(8-5-16)23(33)15-32;1-3-23(33)27-17-8-9-20-18(10-17)24-19-12-29(26(35)28(2)25(19)34)13-21(24)30(20)11-15-4-6-16(7-5-15)22(32)14-31;1-3-23(33)27-17-8-9-18-20(10-17)30(11-15-4-6-16(7-5-15)22(32)14-31)21-13-29-12-19(24(18)21)25(34)28(2)26(29)35/h3-9,12,21,33H,1,10-11,13-16H2,2H3,(H,29,35);3-10,20,32H,1,11-15H2,2H3,(H,28,34);2*3-10,19,31H,1,11-14H2,2H3,(H,27,33). The number of aliphatic hydroxyl groups is 4. The maximum Gasteiger partial charge on any atom is 0.326 e. The number of ether oxygens (including phenoxy) is 1. The molecule has 144 heavy (non-hydrogen) atoms. The van der Waals surface area contributed by atoms with Crippen LogP contribution in [0.1, 0.15) is 138 Å². The lowest BCUT2D eigenvalue weighted by atomic mass is 9.88. The van der Waals surface area contributed by atoms with Crippen molar-refractivity contribution in [2.24, 2.45) is 0 Å². The zero-order chi connectivity index (χ0) is 102. The average molecular weight is 1950 g/mol. The Morgan fingerprint density at radius 2 is 0.625 bits per heavy atom. The Morgan fingerprint density at radius 1 is 0.333 bits per heavy atom. The fourth-order valence-corrected chi connectivity index (χ4v) is 20.2. The molecule has 12 aromatic rings. The quantitative estimate of drug-likeness (QED) is 0.0129. The van der Waals surface area contributed by atoms with E-state index in [0.717, 1.165) is 116 Å². The number of hydrogen-bond donors (Lipinski definition) is 8. The summed E-state index contributed by atoms with van der Waals surface area (Å²) in [5, 5.41) is 51.0. The molecule has 8 bridgehead atoms. The average Bonchev–Trinajstić information content (AvgIpc) is 1.58. The van der Waals surface area contributed by atoms with Gasteiger partial charge in [0.05, 0.1) is 61.9 Å². The molecule has 0 spiro atoms. The van der Waals surface area contributed by atoms with Crippen molar-refractivity contribution in [3.05, 3.63) is 316 Å². The second-order valence-electron chi connectivity index (χ2n) is 36.0. The maximum absolute atomic E-state index is 13.2. The number of nitrogens with one attached hydrogen (secondary N) is 4. The van der Waals surface area contributed by atoms with Crippen LogP contribution in [0, 0.1) is 0 Å². The Kier molecular flexibility index (Phi) is 28.0. The number of benzene rings is 8. The minimum absolute atomic E-state index is 0.228. The van der Waals surface area contributed by atoms with Crippen molar-refractivity contribution in [3.63, 3.8) is 0 Å². The molecule has 4 aromatic heterocycles. The molecule has 4 saturated heterocycles. The molecular formula is C107H102N16O21. The summed E-state index contributed by atoms with van der Waals surface area (Å²) in [5.74, 6) is -4.88. The third-order valence-corrected chi connectivity index (χ3v) is 27.5. The molecule has 8 aliphatic heterocycles. The number of Topliss-reactive ketones (excluding diaryl/α,β-unsaturated/α-hetero) is 4. The number of rotatable bonds is 28. The molecule has 4 unspecified atom stereocenters. The van der Waals surface area contributed by atoms with Crippen LogP contribution < -0.4 is 26.0 Å². The summed E-state index contributed by atoms with van der Waals surface area (Å²) in [6.07, 6.45) is 4.81. The van der Waals surface area contributed by atoms with Gasteiger partial charge in [-0.15, -0.1) is 0 Å². The van der Waals surface area contributed by atoms with E-state index in [2.05, 4.69) is 65.9 Å². The topological polar surface area (TPSA) is 457 Å². The summed E-state index contributed by atoms with van der Waals surface area (Å²) in [5.41, 5.74) is 18.1. The fraction of sp³-hybridized carbons (Fsp3) is 0.252.